The van der Waals surface area contributed by atoms with Gasteiger partial charge in [0, 0.05) is 12.6 Å². The zero-order valence-corrected chi connectivity index (χ0v) is 14.7. The van der Waals surface area contributed by atoms with E-state index >= 15 is 0 Å². The Bertz CT molecular complexity index is 708. The van der Waals surface area contributed by atoms with Gasteiger partial charge in [0.05, 0.1) is 5.60 Å². The van der Waals surface area contributed by atoms with Gasteiger partial charge in [-0.05, 0) is 32.4 Å². The summed E-state index contributed by atoms with van der Waals surface area (Å²) in [6, 6.07) is 10.8. The number of nitrogens with one attached hydrogen (secondary N) is 1. The lowest BCUT2D eigenvalue weighted by Gasteiger charge is -2.33. The normalized spacial score (nSPS) is 17.6. The Morgan fingerprint density at radius 3 is 2.64 bits per heavy atom. The van der Waals surface area contributed by atoms with Crippen molar-refractivity contribution in [3.8, 4) is 0 Å². The van der Waals surface area contributed by atoms with Crippen LogP contribution in [0.5, 0.6) is 0 Å². The van der Waals surface area contributed by atoms with Gasteiger partial charge < -0.3 is 14.9 Å². The summed E-state index contributed by atoms with van der Waals surface area (Å²) in [5.74, 6) is 0.847. The molecule has 2 aromatic rings. The number of carbonyl (C=O) groups is 1. The molecule has 1 amide bonds. The number of amides is 1. The van der Waals surface area contributed by atoms with E-state index in [1.807, 2.05) is 42.3 Å². The first-order valence-electron chi connectivity index (χ1n) is 8.69. The smallest absolute Gasteiger partial charge is 0.247 e. The maximum atomic E-state index is 12.9. The maximum absolute atomic E-state index is 12.9. The fourth-order valence-electron chi connectivity index (χ4n) is 3.61. The summed E-state index contributed by atoms with van der Waals surface area (Å²) < 4.78 is 5.02. The van der Waals surface area contributed by atoms with Gasteiger partial charge in [0.25, 0.3) is 0 Å². The number of nitrogens with zero attached hydrogens (tertiary/aromatic N) is 2. The molecular formula is C19H25N3O3. The van der Waals surface area contributed by atoms with Crippen LogP contribution in [0.15, 0.2) is 40.9 Å². The van der Waals surface area contributed by atoms with Crippen molar-refractivity contribution in [2.24, 2.45) is 0 Å². The number of anilines is 1. The minimum Gasteiger partial charge on any atom is -0.389 e. The fourth-order valence-corrected chi connectivity index (χ4v) is 3.61. The lowest BCUT2D eigenvalue weighted by Crippen LogP contribution is -2.44. The summed E-state index contributed by atoms with van der Waals surface area (Å²) in [6.45, 7) is 2.23. The average molecular weight is 343 g/mol. The van der Waals surface area contributed by atoms with Gasteiger partial charge in [0.2, 0.25) is 5.91 Å². The molecule has 1 atom stereocenters. The van der Waals surface area contributed by atoms with Crippen LogP contribution in [-0.4, -0.2) is 40.3 Å². The minimum atomic E-state index is -0.716. The lowest BCUT2D eigenvalue weighted by atomic mass is 9.98. The third-order valence-electron chi connectivity index (χ3n) is 4.76. The van der Waals surface area contributed by atoms with Crippen molar-refractivity contribution in [1.29, 1.82) is 0 Å². The van der Waals surface area contributed by atoms with Crippen LogP contribution in [0.3, 0.4) is 0 Å². The first kappa shape index (κ1) is 17.6. The average Bonchev–Trinajstić information content (AvgIpc) is 3.17. The van der Waals surface area contributed by atoms with Crippen molar-refractivity contribution in [3.05, 3.63) is 47.7 Å². The zero-order chi connectivity index (χ0) is 17.9. The molecule has 0 spiro atoms. The molecule has 1 unspecified atom stereocenters. The van der Waals surface area contributed by atoms with Crippen LogP contribution in [0.2, 0.25) is 0 Å². The van der Waals surface area contributed by atoms with E-state index in [0.29, 0.717) is 18.1 Å². The van der Waals surface area contributed by atoms with E-state index < -0.39 is 11.6 Å². The number of rotatable bonds is 6. The predicted molar refractivity (Wildman–Crippen MR) is 95.1 cm³/mol. The molecule has 1 aromatic carbocycles. The van der Waals surface area contributed by atoms with Gasteiger partial charge >= 0.3 is 0 Å². The first-order valence-corrected chi connectivity index (χ1v) is 8.69. The Morgan fingerprint density at radius 2 is 2.04 bits per heavy atom. The Labute approximate surface area is 147 Å². The highest BCUT2D eigenvalue weighted by Gasteiger charge is 2.36. The monoisotopic (exact) mass is 343 g/mol. The molecule has 1 fully saturated rings. The van der Waals surface area contributed by atoms with Crippen LogP contribution >= 0.6 is 0 Å². The number of aliphatic hydroxyl groups is 1. The Balaban J connectivity index is 1.80. The molecule has 134 valence electrons. The van der Waals surface area contributed by atoms with Gasteiger partial charge in [-0.15, -0.1) is 0 Å². The Morgan fingerprint density at radius 1 is 1.36 bits per heavy atom. The van der Waals surface area contributed by atoms with Gasteiger partial charge in [0.1, 0.15) is 11.8 Å². The van der Waals surface area contributed by atoms with Crippen LogP contribution in [0.25, 0.3) is 0 Å². The van der Waals surface area contributed by atoms with Crippen molar-refractivity contribution >= 4 is 11.7 Å². The third kappa shape index (κ3) is 4.27. The molecule has 2 N–H and O–H groups in total. The van der Waals surface area contributed by atoms with Crippen LogP contribution < -0.4 is 5.32 Å². The minimum absolute atomic E-state index is 0.191. The summed E-state index contributed by atoms with van der Waals surface area (Å²) in [4.78, 5) is 14.8. The van der Waals surface area contributed by atoms with Gasteiger partial charge in [-0.1, -0.05) is 48.3 Å². The van der Waals surface area contributed by atoms with Crippen molar-refractivity contribution < 1.29 is 14.4 Å². The van der Waals surface area contributed by atoms with E-state index in [-0.39, 0.29) is 5.91 Å². The van der Waals surface area contributed by atoms with Crippen LogP contribution in [0.1, 0.15) is 43.0 Å². The highest BCUT2D eigenvalue weighted by atomic mass is 16.5. The second-order valence-electron chi connectivity index (χ2n) is 6.97. The summed E-state index contributed by atoms with van der Waals surface area (Å²) in [6.07, 6.45) is 3.63. The van der Waals surface area contributed by atoms with E-state index in [1.165, 1.54) is 0 Å². The van der Waals surface area contributed by atoms with E-state index in [0.717, 1.165) is 31.2 Å². The Hall–Kier alpha value is -2.18. The molecule has 1 heterocycles. The molecule has 3 rings (SSSR count). The number of likely N-dealkylation sites (N-methyl/N-ethyl adjacent to an activating group) is 1. The molecule has 25 heavy (non-hydrogen) atoms. The predicted octanol–water partition coefficient (Wildman–Crippen LogP) is 2.90. The summed E-state index contributed by atoms with van der Waals surface area (Å²) in [5, 5.41) is 17.4. The number of carbonyl (C=O) groups excluding carboxylic acids is 1. The van der Waals surface area contributed by atoms with Crippen LogP contribution in [0, 0.1) is 6.92 Å². The van der Waals surface area contributed by atoms with E-state index in [1.54, 1.807) is 13.0 Å². The summed E-state index contributed by atoms with van der Waals surface area (Å²) >= 11 is 0. The van der Waals surface area contributed by atoms with Gasteiger partial charge in [-0.3, -0.25) is 9.69 Å². The third-order valence-corrected chi connectivity index (χ3v) is 4.76. The number of hydrogen-bond acceptors (Lipinski definition) is 5. The second-order valence-corrected chi connectivity index (χ2v) is 6.97. The van der Waals surface area contributed by atoms with Crippen molar-refractivity contribution in [2.75, 3.05) is 18.9 Å². The molecule has 0 bridgehead atoms. The first-order chi connectivity index (χ1) is 12.0. The van der Waals surface area contributed by atoms with Gasteiger partial charge in [0.15, 0.2) is 5.82 Å². The molecule has 0 saturated heterocycles. The number of benzene rings is 1. The molecule has 1 aliphatic rings. The number of hydrogen-bond donors (Lipinski definition) is 2. The molecule has 0 radical (unpaired) electrons. The summed E-state index contributed by atoms with van der Waals surface area (Å²) in [5.41, 5.74) is 0.163. The molecular weight excluding hydrogens is 318 g/mol. The highest BCUT2D eigenvalue weighted by Crippen LogP contribution is 2.32. The van der Waals surface area contributed by atoms with Crippen molar-refractivity contribution in [3.63, 3.8) is 0 Å². The maximum Gasteiger partial charge on any atom is 0.247 e. The quantitative estimate of drug-likeness (QED) is 0.843. The zero-order valence-electron chi connectivity index (χ0n) is 14.7. The van der Waals surface area contributed by atoms with E-state index in [2.05, 4.69) is 10.5 Å². The van der Waals surface area contributed by atoms with E-state index in [4.69, 9.17) is 4.52 Å². The van der Waals surface area contributed by atoms with Crippen molar-refractivity contribution in [2.45, 2.75) is 44.2 Å². The summed E-state index contributed by atoms with van der Waals surface area (Å²) in [7, 11) is 1.88. The number of aromatic nitrogens is 1. The standard InChI is InChI=1S/C19H25N3O3/c1-14-12-16(21-25-14)20-18(23)17(15-8-4-3-5-9-15)22(2)13-19(24)10-6-7-11-19/h3-5,8-9,12,17,24H,6-7,10-11,13H2,1-2H3,(H,20,21,23). The molecule has 1 saturated carbocycles. The molecule has 1 aliphatic carbocycles. The molecule has 6 nitrogen and oxygen atoms in total. The topological polar surface area (TPSA) is 78.6 Å². The van der Waals surface area contributed by atoms with Gasteiger partial charge in [-0.2, -0.15) is 0 Å². The largest absolute Gasteiger partial charge is 0.389 e. The number of aryl methyl sites for hydroxylation is 1. The van der Waals surface area contributed by atoms with Gasteiger partial charge in [-0.25, -0.2) is 0 Å². The molecule has 1 aromatic heterocycles. The molecule has 0 aliphatic heterocycles. The second kappa shape index (κ2) is 7.37. The Kier molecular flexibility index (Phi) is 5.20. The molecule has 6 heteroatoms. The SMILES string of the molecule is Cc1cc(NC(=O)C(c2ccccc2)N(C)CC2(O)CCCC2)no1. The highest BCUT2D eigenvalue weighted by molar-refractivity contribution is 5.94. The van der Waals surface area contributed by atoms with Crippen LogP contribution in [0.4, 0.5) is 5.82 Å². The fraction of sp³-hybridized carbons (Fsp3) is 0.474. The van der Waals surface area contributed by atoms with E-state index in [9.17, 15) is 9.90 Å². The van der Waals surface area contributed by atoms with Crippen molar-refractivity contribution in [1.82, 2.24) is 10.1 Å². The lowest BCUT2D eigenvalue weighted by molar-refractivity contribution is -0.122. The van der Waals surface area contributed by atoms with Crippen LogP contribution in [-0.2, 0) is 4.79 Å².